The highest BCUT2D eigenvalue weighted by atomic mass is 35.5. The van der Waals surface area contributed by atoms with Gasteiger partial charge in [-0.3, -0.25) is 9.59 Å². The number of aromatic nitrogens is 1. The molecule has 0 aliphatic rings. The van der Waals surface area contributed by atoms with Crippen molar-refractivity contribution in [1.82, 2.24) is 4.98 Å². The van der Waals surface area contributed by atoms with E-state index < -0.39 is 11.7 Å². The average Bonchev–Trinajstić information content (AvgIpc) is 2.54. The van der Waals surface area contributed by atoms with E-state index in [1.54, 1.807) is 30.3 Å². The Morgan fingerprint density at radius 3 is 2.67 bits per heavy atom. The van der Waals surface area contributed by atoms with Gasteiger partial charge in [0.15, 0.2) is 5.78 Å². The van der Waals surface area contributed by atoms with E-state index in [2.05, 4.69) is 10.3 Å². The van der Waals surface area contributed by atoms with Crippen LogP contribution in [0.2, 0.25) is 5.15 Å². The summed E-state index contributed by atoms with van der Waals surface area (Å²) in [7, 11) is 0. The SMILES string of the molecule is CC(=O)c1cccc(NC(=O)c2cc3ccc(F)cc3nc2Cl)c1. The average molecular weight is 343 g/mol. The number of Topliss-reactive ketones (excluding diaryl/α,β-unsaturated/α-hetero) is 1. The molecule has 24 heavy (non-hydrogen) atoms. The Kier molecular flexibility index (Phi) is 4.27. The number of nitrogens with zero attached hydrogens (tertiary/aromatic N) is 1. The zero-order chi connectivity index (χ0) is 17.3. The lowest BCUT2D eigenvalue weighted by atomic mass is 10.1. The van der Waals surface area contributed by atoms with Crippen LogP contribution in [0.4, 0.5) is 10.1 Å². The Bertz CT molecular complexity index is 972. The van der Waals surface area contributed by atoms with E-state index >= 15 is 0 Å². The molecular formula is C18H12ClFN2O2. The molecule has 6 heteroatoms. The van der Waals surface area contributed by atoms with Crippen LogP contribution in [0.15, 0.2) is 48.5 Å². The molecule has 3 aromatic rings. The second-order valence-electron chi connectivity index (χ2n) is 5.25. The van der Waals surface area contributed by atoms with E-state index in [4.69, 9.17) is 11.6 Å². The summed E-state index contributed by atoms with van der Waals surface area (Å²) in [6, 6.07) is 12.2. The minimum atomic E-state index is -0.459. The first kappa shape index (κ1) is 16.1. The fraction of sp³-hybridized carbons (Fsp3) is 0.0556. The van der Waals surface area contributed by atoms with Gasteiger partial charge >= 0.3 is 0 Å². The molecule has 0 fully saturated rings. The maximum absolute atomic E-state index is 13.2. The summed E-state index contributed by atoms with van der Waals surface area (Å²) in [6.07, 6.45) is 0. The van der Waals surface area contributed by atoms with Crippen molar-refractivity contribution < 1.29 is 14.0 Å². The van der Waals surface area contributed by atoms with Gasteiger partial charge in [0.1, 0.15) is 11.0 Å². The van der Waals surface area contributed by atoms with Gasteiger partial charge in [0.2, 0.25) is 0 Å². The molecule has 0 atom stereocenters. The topological polar surface area (TPSA) is 59.1 Å². The molecule has 0 spiro atoms. The maximum Gasteiger partial charge on any atom is 0.258 e. The number of ketones is 1. The van der Waals surface area contributed by atoms with Crippen LogP contribution in [0.5, 0.6) is 0 Å². The molecule has 120 valence electrons. The molecular weight excluding hydrogens is 331 g/mol. The van der Waals surface area contributed by atoms with Crippen LogP contribution in [0, 0.1) is 5.82 Å². The quantitative estimate of drug-likeness (QED) is 0.564. The molecule has 0 aliphatic heterocycles. The number of fused-ring (bicyclic) bond motifs is 1. The molecule has 1 heterocycles. The third-order valence-corrected chi connectivity index (χ3v) is 3.79. The van der Waals surface area contributed by atoms with Crippen molar-refractivity contribution in [3.05, 3.63) is 70.6 Å². The van der Waals surface area contributed by atoms with Crippen molar-refractivity contribution >= 4 is 39.9 Å². The normalized spacial score (nSPS) is 10.6. The molecule has 0 saturated heterocycles. The van der Waals surface area contributed by atoms with E-state index in [0.717, 1.165) is 0 Å². The number of carbonyl (C=O) groups is 2. The fourth-order valence-corrected chi connectivity index (χ4v) is 2.52. The monoisotopic (exact) mass is 342 g/mol. The lowest BCUT2D eigenvalue weighted by Crippen LogP contribution is -2.13. The van der Waals surface area contributed by atoms with E-state index in [9.17, 15) is 14.0 Å². The summed E-state index contributed by atoms with van der Waals surface area (Å²) in [4.78, 5) is 27.9. The molecule has 0 unspecified atom stereocenters. The maximum atomic E-state index is 13.2. The summed E-state index contributed by atoms with van der Waals surface area (Å²) < 4.78 is 13.2. The molecule has 1 aromatic heterocycles. The second-order valence-corrected chi connectivity index (χ2v) is 5.61. The lowest BCUT2D eigenvalue weighted by Gasteiger charge is -2.08. The van der Waals surface area contributed by atoms with Crippen LogP contribution >= 0.6 is 11.6 Å². The Morgan fingerprint density at radius 2 is 1.92 bits per heavy atom. The minimum absolute atomic E-state index is 0.0201. The number of pyridine rings is 1. The van der Waals surface area contributed by atoms with Crippen molar-refractivity contribution in [3.63, 3.8) is 0 Å². The largest absolute Gasteiger partial charge is 0.322 e. The van der Waals surface area contributed by atoms with Crippen LogP contribution in [0.1, 0.15) is 27.6 Å². The van der Waals surface area contributed by atoms with Crippen molar-refractivity contribution in [2.45, 2.75) is 6.92 Å². The molecule has 2 aromatic carbocycles. The van der Waals surface area contributed by atoms with Gasteiger partial charge in [0.05, 0.1) is 11.1 Å². The number of rotatable bonds is 3. The summed E-state index contributed by atoms with van der Waals surface area (Å²) >= 11 is 6.05. The zero-order valence-corrected chi connectivity index (χ0v) is 13.4. The third kappa shape index (κ3) is 3.26. The molecule has 0 aliphatic carbocycles. The summed E-state index contributed by atoms with van der Waals surface area (Å²) in [5.41, 5.74) is 1.51. The highest BCUT2D eigenvalue weighted by Gasteiger charge is 2.14. The van der Waals surface area contributed by atoms with Crippen molar-refractivity contribution in [2.24, 2.45) is 0 Å². The Hall–Kier alpha value is -2.79. The van der Waals surface area contributed by atoms with Gasteiger partial charge < -0.3 is 5.32 Å². The number of anilines is 1. The molecule has 4 nitrogen and oxygen atoms in total. The summed E-state index contributed by atoms with van der Waals surface area (Å²) in [6.45, 7) is 1.45. The van der Waals surface area contributed by atoms with Crippen LogP contribution in [-0.4, -0.2) is 16.7 Å². The van der Waals surface area contributed by atoms with Gasteiger partial charge in [-0.25, -0.2) is 9.37 Å². The Balaban J connectivity index is 1.94. The van der Waals surface area contributed by atoms with Crippen LogP contribution in [-0.2, 0) is 0 Å². The van der Waals surface area contributed by atoms with Crippen LogP contribution < -0.4 is 5.32 Å². The number of hydrogen-bond acceptors (Lipinski definition) is 3. The smallest absolute Gasteiger partial charge is 0.258 e. The molecule has 0 saturated carbocycles. The fourth-order valence-electron chi connectivity index (χ4n) is 2.29. The zero-order valence-electron chi connectivity index (χ0n) is 12.6. The summed E-state index contributed by atoms with van der Waals surface area (Å²) in [5, 5.41) is 3.26. The first-order valence-electron chi connectivity index (χ1n) is 7.12. The van der Waals surface area contributed by atoms with Gasteiger partial charge in [-0.05, 0) is 37.3 Å². The van der Waals surface area contributed by atoms with Gasteiger partial charge in [-0.2, -0.15) is 0 Å². The van der Waals surface area contributed by atoms with Crippen LogP contribution in [0.25, 0.3) is 10.9 Å². The van der Waals surface area contributed by atoms with Crippen LogP contribution in [0.3, 0.4) is 0 Å². The number of nitrogens with one attached hydrogen (secondary N) is 1. The van der Waals surface area contributed by atoms with E-state index in [-0.39, 0.29) is 16.5 Å². The Labute approximate surface area is 142 Å². The van der Waals surface area contributed by atoms with Gasteiger partial charge in [-0.15, -0.1) is 0 Å². The van der Waals surface area contributed by atoms with Gasteiger partial charge in [-0.1, -0.05) is 23.7 Å². The highest BCUT2D eigenvalue weighted by molar-refractivity contribution is 6.33. The summed E-state index contributed by atoms with van der Waals surface area (Å²) in [5.74, 6) is -0.984. The molecule has 0 radical (unpaired) electrons. The van der Waals surface area contributed by atoms with Crippen molar-refractivity contribution in [1.29, 1.82) is 0 Å². The van der Waals surface area contributed by atoms with Gasteiger partial charge in [0, 0.05) is 22.7 Å². The molecule has 3 rings (SSSR count). The first-order valence-corrected chi connectivity index (χ1v) is 7.50. The number of benzene rings is 2. The lowest BCUT2D eigenvalue weighted by molar-refractivity contribution is 0.101. The molecule has 0 bridgehead atoms. The van der Waals surface area contributed by atoms with Gasteiger partial charge in [0.25, 0.3) is 5.91 Å². The first-order chi connectivity index (χ1) is 11.4. The van der Waals surface area contributed by atoms with E-state index in [1.165, 1.54) is 25.1 Å². The predicted octanol–water partition coefficient (Wildman–Crippen LogP) is 4.48. The molecule has 1 amide bonds. The minimum Gasteiger partial charge on any atom is -0.322 e. The standard InChI is InChI=1S/C18H12ClFN2O2/c1-10(23)11-3-2-4-14(7-11)21-18(24)15-8-12-5-6-13(20)9-16(12)22-17(15)19/h2-9H,1H3,(H,21,24). The number of hydrogen-bond donors (Lipinski definition) is 1. The van der Waals surface area contributed by atoms with E-state index in [0.29, 0.717) is 22.2 Å². The van der Waals surface area contributed by atoms with E-state index in [1.807, 2.05) is 0 Å². The number of carbonyl (C=O) groups excluding carboxylic acids is 2. The third-order valence-electron chi connectivity index (χ3n) is 3.50. The second kappa shape index (κ2) is 6.37. The number of amides is 1. The number of halogens is 2. The molecule has 1 N–H and O–H groups in total. The highest BCUT2D eigenvalue weighted by Crippen LogP contribution is 2.22. The van der Waals surface area contributed by atoms with Crippen molar-refractivity contribution in [3.8, 4) is 0 Å². The predicted molar refractivity (Wildman–Crippen MR) is 91.1 cm³/mol. The Morgan fingerprint density at radius 1 is 1.12 bits per heavy atom. The van der Waals surface area contributed by atoms with Crippen molar-refractivity contribution in [2.75, 3.05) is 5.32 Å².